The summed E-state index contributed by atoms with van der Waals surface area (Å²) in [5.41, 5.74) is 5.11. The van der Waals surface area contributed by atoms with Gasteiger partial charge in [-0.25, -0.2) is 5.43 Å². The van der Waals surface area contributed by atoms with Crippen molar-refractivity contribution < 1.29 is 9.59 Å². The van der Waals surface area contributed by atoms with Crippen LogP contribution in [-0.2, 0) is 9.59 Å². The van der Waals surface area contributed by atoms with Gasteiger partial charge in [0.05, 0.1) is 22.2 Å². The second kappa shape index (κ2) is 7.89. The van der Waals surface area contributed by atoms with E-state index < -0.39 is 5.92 Å². The van der Waals surface area contributed by atoms with E-state index in [4.69, 9.17) is 23.2 Å². The molecule has 1 atom stereocenters. The molecule has 2 amide bonds. The first kappa shape index (κ1) is 18.4. The highest BCUT2D eigenvalue weighted by Crippen LogP contribution is 2.25. The third-order valence-electron chi connectivity index (χ3n) is 4.17. The zero-order chi connectivity index (χ0) is 18.7. The first-order chi connectivity index (χ1) is 12.4. The number of carbonyl (C=O) groups excluding carboxylic acids is 2. The van der Waals surface area contributed by atoms with E-state index in [1.165, 1.54) is 6.21 Å². The Morgan fingerprint density at radius 2 is 1.92 bits per heavy atom. The van der Waals surface area contributed by atoms with Crippen LogP contribution in [-0.4, -0.2) is 24.6 Å². The fraction of sp³-hybridized carbons (Fsp3) is 0.211. The fourth-order valence-corrected chi connectivity index (χ4v) is 3.02. The van der Waals surface area contributed by atoms with Crippen molar-refractivity contribution in [2.45, 2.75) is 13.3 Å². The number of aryl methyl sites for hydroxylation is 1. The number of amides is 2. The molecule has 2 aromatic carbocycles. The predicted octanol–water partition coefficient (Wildman–Crippen LogP) is 3.81. The van der Waals surface area contributed by atoms with Crippen molar-refractivity contribution in [1.82, 2.24) is 5.43 Å². The number of nitrogens with zero attached hydrogens (tertiary/aromatic N) is 2. The van der Waals surface area contributed by atoms with E-state index in [1.807, 2.05) is 31.2 Å². The van der Waals surface area contributed by atoms with E-state index in [2.05, 4.69) is 10.5 Å². The fourth-order valence-electron chi connectivity index (χ4n) is 2.71. The number of hydrogen-bond donors (Lipinski definition) is 1. The minimum atomic E-state index is -0.435. The number of hydrazone groups is 1. The summed E-state index contributed by atoms with van der Waals surface area (Å²) in [6.07, 6.45) is 1.65. The molecule has 0 aromatic heterocycles. The van der Waals surface area contributed by atoms with Crippen molar-refractivity contribution in [2.24, 2.45) is 11.0 Å². The maximum absolute atomic E-state index is 12.3. The number of carbonyl (C=O) groups is 2. The molecule has 0 saturated carbocycles. The SMILES string of the molecule is Cc1ccc(N2C[C@@H](C(=O)N/N=C/c3ccc(Cl)c(Cl)c3)CC2=O)cc1. The van der Waals surface area contributed by atoms with E-state index in [9.17, 15) is 9.59 Å². The molecule has 5 nitrogen and oxygen atoms in total. The summed E-state index contributed by atoms with van der Waals surface area (Å²) in [6, 6.07) is 12.7. The normalized spacial score (nSPS) is 17.1. The van der Waals surface area contributed by atoms with Crippen LogP contribution in [0.25, 0.3) is 0 Å². The van der Waals surface area contributed by atoms with Gasteiger partial charge in [-0.1, -0.05) is 47.0 Å². The van der Waals surface area contributed by atoms with Crippen LogP contribution in [0.2, 0.25) is 10.0 Å². The molecule has 1 saturated heterocycles. The molecule has 0 bridgehead atoms. The van der Waals surface area contributed by atoms with Crippen LogP contribution in [0.15, 0.2) is 47.6 Å². The highest BCUT2D eigenvalue weighted by molar-refractivity contribution is 6.42. The maximum atomic E-state index is 12.3. The van der Waals surface area contributed by atoms with Gasteiger partial charge in [0.1, 0.15) is 0 Å². The number of rotatable bonds is 4. The first-order valence-electron chi connectivity index (χ1n) is 8.09. The van der Waals surface area contributed by atoms with Crippen molar-refractivity contribution in [3.63, 3.8) is 0 Å². The van der Waals surface area contributed by atoms with Crippen molar-refractivity contribution in [3.8, 4) is 0 Å². The highest BCUT2D eigenvalue weighted by Gasteiger charge is 2.35. The minimum Gasteiger partial charge on any atom is -0.312 e. The van der Waals surface area contributed by atoms with Crippen LogP contribution < -0.4 is 10.3 Å². The lowest BCUT2D eigenvalue weighted by atomic mass is 10.1. The number of benzene rings is 2. The highest BCUT2D eigenvalue weighted by atomic mass is 35.5. The van der Waals surface area contributed by atoms with Crippen molar-refractivity contribution in [3.05, 3.63) is 63.6 Å². The average molecular weight is 390 g/mol. The molecule has 0 radical (unpaired) electrons. The number of hydrogen-bond acceptors (Lipinski definition) is 3. The van der Waals surface area contributed by atoms with Crippen LogP contribution >= 0.6 is 23.2 Å². The quantitative estimate of drug-likeness (QED) is 0.638. The average Bonchev–Trinajstić information content (AvgIpc) is 3.00. The summed E-state index contributed by atoms with van der Waals surface area (Å²) in [5.74, 6) is -0.790. The summed E-state index contributed by atoms with van der Waals surface area (Å²) in [5, 5.41) is 4.80. The van der Waals surface area contributed by atoms with Crippen LogP contribution in [0.3, 0.4) is 0 Å². The van der Waals surface area contributed by atoms with Gasteiger partial charge in [-0.05, 0) is 36.8 Å². The van der Waals surface area contributed by atoms with Gasteiger partial charge in [0.2, 0.25) is 11.8 Å². The lowest BCUT2D eigenvalue weighted by molar-refractivity contribution is -0.126. The van der Waals surface area contributed by atoms with Gasteiger partial charge in [-0.15, -0.1) is 0 Å². The second-order valence-corrected chi connectivity index (χ2v) is 6.96. The topological polar surface area (TPSA) is 61.8 Å². The minimum absolute atomic E-state index is 0.0672. The van der Waals surface area contributed by atoms with Crippen LogP contribution in [0.1, 0.15) is 17.5 Å². The van der Waals surface area contributed by atoms with Gasteiger partial charge in [0.25, 0.3) is 0 Å². The monoisotopic (exact) mass is 389 g/mol. The molecule has 1 N–H and O–H groups in total. The number of halogens is 2. The molecule has 0 aliphatic carbocycles. The first-order valence-corrected chi connectivity index (χ1v) is 8.84. The smallest absolute Gasteiger partial charge is 0.245 e. The third-order valence-corrected chi connectivity index (χ3v) is 4.91. The maximum Gasteiger partial charge on any atom is 0.245 e. The van der Waals surface area contributed by atoms with Crippen LogP contribution in [0.5, 0.6) is 0 Å². The number of nitrogens with one attached hydrogen (secondary N) is 1. The van der Waals surface area contributed by atoms with Gasteiger partial charge in [-0.3, -0.25) is 9.59 Å². The lowest BCUT2D eigenvalue weighted by Gasteiger charge is -2.16. The molecule has 1 heterocycles. The molecule has 1 aliphatic heterocycles. The van der Waals surface area contributed by atoms with Gasteiger partial charge in [0, 0.05) is 18.7 Å². The molecule has 1 aliphatic rings. The molecule has 3 rings (SSSR count). The van der Waals surface area contributed by atoms with E-state index in [1.54, 1.807) is 23.1 Å². The molecule has 134 valence electrons. The van der Waals surface area contributed by atoms with E-state index in [0.29, 0.717) is 22.2 Å². The zero-order valence-electron chi connectivity index (χ0n) is 14.1. The summed E-state index contributed by atoms with van der Waals surface area (Å²) in [6.45, 7) is 2.33. The number of anilines is 1. The van der Waals surface area contributed by atoms with Crippen molar-refractivity contribution >= 4 is 46.9 Å². The Morgan fingerprint density at radius 3 is 2.62 bits per heavy atom. The Bertz CT molecular complexity index is 866. The van der Waals surface area contributed by atoms with Gasteiger partial charge in [-0.2, -0.15) is 5.10 Å². The standard InChI is InChI=1S/C19H17Cl2N3O2/c1-12-2-5-15(6-3-12)24-11-14(9-18(24)25)19(26)23-22-10-13-4-7-16(20)17(21)8-13/h2-8,10,14H,9,11H2,1H3,(H,23,26)/b22-10+/t14-/m0/s1. The van der Waals surface area contributed by atoms with E-state index in [0.717, 1.165) is 11.3 Å². The van der Waals surface area contributed by atoms with E-state index >= 15 is 0 Å². The zero-order valence-corrected chi connectivity index (χ0v) is 15.6. The van der Waals surface area contributed by atoms with Gasteiger partial charge < -0.3 is 4.90 Å². The van der Waals surface area contributed by atoms with Crippen molar-refractivity contribution in [1.29, 1.82) is 0 Å². The molecule has 7 heteroatoms. The van der Waals surface area contributed by atoms with Crippen LogP contribution in [0, 0.1) is 12.8 Å². The summed E-state index contributed by atoms with van der Waals surface area (Å²) in [7, 11) is 0. The summed E-state index contributed by atoms with van der Waals surface area (Å²) < 4.78 is 0. The Morgan fingerprint density at radius 1 is 1.19 bits per heavy atom. The van der Waals surface area contributed by atoms with E-state index in [-0.39, 0.29) is 18.2 Å². The van der Waals surface area contributed by atoms with Crippen LogP contribution in [0.4, 0.5) is 5.69 Å². The molecule has 0 unspecified atom stereocenters. The Labute approximate surface area is 161 Å². The van der Waals surface area contributed by atoms with Gasteiger partial charge >= 0.3 is 0 Å². The lowest BCUT2D eigenvalue weighted by Crippen LogP contribution is -2.30. The largest absolute Gasteiger partial charge is 0.312 e. The molecular formula is C19H17Cl2N3O2. The summed E-state index contributed by atoms with van der Waals surface area (Å²) in [4.78, 5) is 26.1. The summed E-state index contributed by atoms with van der Waals surface area (Å²) >= 11 is 11.8. The van der Waals surface area contributed by atoms with Gasteiger partial charge in [0.15, 0.2) is 0 Å². The molecule has 26 heavy (non-hydrogen) atoms. The predicted molar refractivity (Wildman–Crippen MR) is 104 cm³/mol. The van der Waals surface area contributed by atoms with Crippen molar-refractivity contribution in [2.75, 3.05) is 11.4 Å². The Hall–Kier alpha value is -2.37. The molecular weight excluding hydrogens is 373 g/mol. The second-order valence-electron chi connectivity index (χ2n) is 6.15. The molecule has 0 spiro atoms. The molecule has 1 fully saturated rings. The Kier molecular flexibility index (Phi) is 5.59. The molecule has 2 aromatic rings. The Balaban J connectivity index is 1.60. The third kappa shape index (κ3) is 4.23.